The van der Waals surface area contributed by atoms with Crippen LogP contribution < -0.4 is 10.6 Å². The lowest BCUT2D eigenvalue weighted by Gasteiger charge is -2.14. The molecular formula is C19H15F2N3O4. The number of esters is 1. The Labute approximate surface area is 158 Å². The molecule has 2 amide bonds. The molecule has 2 aromatic carbocycles. The predicted molar refractivity (Wildman–Crippen MR) is 94.0 cm³/mol. The van der Waals surface area contributed by atoms with Gasteiger partial charge in [0.2, 0.25) is 0 Å². The second-order valence-corrected chi connectivity index (χ2v) is 5.59. The molecule has 0 radical (unpaired) electrons. The van der Waals surface area contributed by atoms with Crippen LogP contribution in [0.3, 0.4) is 0 Å². The van der Waals surface area contributed by atoms with Gasteiger partial charge in [-0.25, -0.2) is 8.78 Å². The number of ether oxygens (including phenoxy) is 1. The third-order valence-corrected chi connectivity index (χ3v) is 3.55. The molecule has 1 atom stereocenters. The highest BCUT2D eigenvalue weighted by Crippen LogP contribution is 2.14. The molecular weight excluding hydrogens is 372 g/mol. The molecule has 28 heavy (non-hydrogen) atoms. The van der Waals surface area contributed by atoms with Gasteiger partial charge in [0.15, 0.2) is 6.10 Å². The van der Waals surface area contributed by atoms with E-state index in [0.717, 1.165) is 12.1 Å². The first-order chi connectivity index (χ1) is 13.3. The average Bonchev–Trinajstić information content (AvgIpc) is 2.66. The van der Waals surface area contributed by atoms with Gasteiger partial charge in [0, 0.05) is 6.07 Å². The SMILES string of the molecule is CC(OC(=O)CNC(=O)c1ccc(F)cc1F)C(=O)Nc1ccccc1C#N. The number of hydrogen-bond acceptors (Lipinski definition) is 5. The van der Waals surface area contributed by atoms with Gasteiger partial charge in [0.25, 0.3) is 11.8 Å². The Hall–Kier alpha value is -3.80. The summed E-state index contributed by atoms with van der Waals surface area (Å²) in [5, 5.41) is 13.6. The van der Waals surface area contributed by atoms with E-state index in [1.807, 2.05) is 6.07 Å². The van der Waals surface area contributed by atoms with E-state index >= 15 is 0 Å². The number of benzene rings is 2. The summed E-state index contributed by atoms with van der Waals surface area (Å²) >= 11 is 0. The minimum atomic E-state index is -1.21. The van der Waals surface area contributed by atoms with E-state index in [2.05, 4.69) is 10.6 Å². The van der Waals surface area contributed by atoms with Crippen molar-refractivity contribution in [2.75, 3.05) is 11.9 Å². The molecule has 0 aliphatic rings. The van der Waals surface area contributed by atoms with Crippen molar-refractivity contribution in [1.82, 2.24) is 5.32 Å². The summed E-state index contributed by atoms with van der Waals surface area (Å²) in [6.45, 7) is 0.686. The van der Waals surface area contributed by atoms with Gasteiger partial charge in [-0.1, -0.05) is 12.1 Å². The molecule has 2 aromatic rings. The van der Waals surface area contributed by atoms with Crippen LogP contribution in [0.4, 0.5) is 14.5 Å². The number of amides is 2. The summed E-state index contributed by atoms with van der Waals surface area (Å²) in [4.78, 5) is 35.7. The number of anilines is 1. The van der Waals surface area contributed by atoms with Crippen LogP contribution in [0.1, 0.15) is 22.8 Å². The van der Waals surface area contributed by atoms with Crippen LogP contribution in [-0.4, -0.2) is 30.4 Å². The maximum atomic E-state index is 13.5. The largest absolute Gasteiger partial charge is 0.451 e. The summed E-state index contributed by atoms with van der Waals surface area (Å²) in [5.74, 6) is -4.46. The van der Waals surface area contributed by atoms with E-state index in [4.69, 9.17) is 10.00 Å². The lowest BCUT2D eigenvalue weighted by Crippen LogP contribution is -2.36. The fourth-order valence-corrected chi connectivity index (χ4v) is 2.14. The summed E-state index contributed by atoms with van der Waals surface area (Å²) < 4.78 is 31.3. The number of rotatable bonds is 6. The Balaban J connectivity index is 1.87. The van der Waals surface area contributed by atoms with Crippen LogP contribution in [0.5, 0.6) is 0 Å². The Morgan fingerprint density at radius 1 is 1.18 bits per heavy atom. The summed E-state index contributed by atoms with van der Waals surface area (Å²) in [7, 11) is 0. The van der Waals surface area contributed by atoms with Gasteiger partial charge in [-0.3, -0.25) is 14.4 Å². The second kappa shape index (κ2) is 9.23. The normalized spacial score (nSPS) is 11.1. The number of nitrogens with zero attached hydrogens (tertiary/aromatic N) is 1. The highest BCUT2D eigenvalue weighted by molar-refractivity contribution is 5.98. The van der Waals surface area contributed by atoms with Crippen molar-refractivity contribution in [2.24, 2.45) is 0 Å². The lowest BCUT2D eigenvalue weighted by molar-refractivity contribution is -0.152. The van der Waals surface area contributed by atoms with Crippen LogP contribution in [0.15, 0.2) is 42.5 Å². The number of halogens is 2. The first kappa shape index (κ1) is 20.5. The molecule has 2 N–H and O–H groups in total. The number of nitrogens with one attached hydrogen (secondary N) is 2. The van der Waals surface area contributed by atoms with Crippen LogP contribution in [-0.2, 0) is 14.3 Å². The van der Waals surface area contributed by atoms with E-state index in [1.165, 1.54) is 19.1 Å². The number of carbonyl (C=O) groups excluding carboxylic acids is 3. The quantitative estimate of drug-likeness (QED) is 0.739. The van der Waals surface area contributed by atoms with Crippen molar-refractivity contribution in [3.63, 3.8) is 0 Å². The Bertz CT molecular complexity index is 956. The Morgan fingerprint density at radius 3 is 2.57 bits per heavy atom. The molecule has 0 aliphatic carbocycles. The first-order valence-electron chi connectivity index (χ1n) is 8.04. The van der Waals surface area contributed by atoms with Gasteiger partial charge in [-0.05, 0) is 31.2 Å². The van der Waals surface area contributed by atoms with Crippen molar-refractivity contribution in [1.29, 1.82) is 5.26 Å². The molecule has 2 rings (SSSR count). The second-order valence-electron chi connectivity index (χ2n) is 5.59. The zero-order valence-electron chi connectivity index (χ0n) is 14.7. The van der Waals surface area contributed by atoms with Crippen molar-refractivity contribution in [2.45, 2.75) is 13.0 Å². The minimum absolute atomic E-state index is 0.239. The maximum absolute atomic E-state index is 13.5. The number of hydrogen-bond donors (Lipinski definition) is 2. The van der Waals surface area contributed by atoms with Crippen molar-refractivity contribution < 1.29 is 27.9 Å². The van der Waals surface area contributed by atoms with Crippen molar-refractivity contribution in [3.05, 3.63) is 65.2 Å². The number of carbonyl (C=O) groups is 3. The maximum Gasteiger partial charge on any atom is 0.326 e. The molecule has 0 spiro atoms. The molecule has 0 aliphatic heterocycles. The summed E-state index contributed by atoms with van der Waals surface area (Å²) in [6.07, 6.45) is -1.21. The van der Waals surface area contributed by atoms with E-state index in [-0.39, 0.29) is 11.3 Å². The zero-order chi connectivity index (χ0) is 20.7. The molecule has 1 unspecified atom stereocenters. The van der Waals surface area contributed by atoms with Gasteiger partial charge < -0.3 is 15.4 Å². The third-order valence-electron chi connectivity index (χ3n) is 3.55. The van der Waals surface area contributed by atoms with Crippen molar-refractivity contribution >= 4 is 23.5 Å². The standard InChI is InChI=1S/C19H15F2N3O4/c1-11(18(26)24-16-5-3-2-4-12(16)9-22)28-17(25)10-23-19(27)14-7-6-13(20)8-15(14)21/h2-8,11H,10H2,1H3,(H,23,27)(H,24,26). The minimum Gasteiger partial charge on any atom is -0.451 e. The van der Waals surface area contributed by atoms with E-state index < -0.39 is 47.6 Å². The first-order valence-corrected chi connectivity index (χ1v) is 8.04. The van der Waals surface area contributed by atoms with Gasteiger partial charge in [-0.2, -0.15) is 5.26 Å². The smallest absolute Gasteiger partial charge is 0.326 e. The highest BCUT2D eigenvalue weighted by atomic mass is 19.1. The van der Waals surface area contributed by atoms with Gasteiger partial charge in [0.1, 0.15) is 24.2 Å². The molecule has 0 fully saturated rings. The monoisotopic (exact) mass is 387 g/mol. The molecule has 0 saturated carbocycles. The third kappa shape index (κ3) is 5.35. The molecule has 7 nitrogen and oxygen atoms in total. The topological polar surface area (TPSA) is 108 Å². The van der Waals surface area contributed by atoms with E-state index in [9.17, 15) is 23.2 Å². The number of nitriles is 1. The van der Waals surface area contributed by atoms with Crippen molar-refractivity contribution in [3.8, 4) is 6.07 Å². The highest BCUT2D eigenvalue weighted by Gasteiger charge is 2.20. The molecule has 9 heteroatoms. The molecule has 0 bridgehead atoms. The average molecular weight is 387 g/mol. The van der Waals surface area contributed by atoms with Gasteiger partial charge in [-0.15, -0.1) is 0 Å². The Kier molecular flexibility index (Phi) is 6.76. The molecule has 0 heterocycles. The molecule has 0 saturated heterocycles. The molecule has 0 aromatic heterocycles. The fraction of sp³-hybridized carbons (Fsp3) is 0.158. The fourth-order valence-electron chi connectivity index (χ4n) is 2.14. The van der Waals surface area contributed by atoms with E-state index in [1.54, 1.807) is 12.1 Å². The van der Waals surface area contributed by atoms with Gasteiger partial charge in [0.05, 0.1) is 16.8 Å². The summed E-state index contributed by atoms with van der Waals surface area (Å²) in [5.41, 5.74) is 0.0639. The van der Waals surface area contributed by atoms with Crippen LogP contribution in [0, 0.1) is 23.0 Å². The van der Waals surface area contributed by atoms with Crippen LogP contribution >= 0.6 is 0 Å². The van der Waals surface area contributed by atoms with Gasteiger partial charge >= 0.3 is 5.97 Å². The number of para-hydroxylation sites is 1. The summed E-state index contributed by atoms with van der Waals surface area (Å²) in [6, 6.07) is 10.6. The lowest BCUT2D eigenvalue weighted by atomic mass is 10.2. The predicted octanol–water partition coefficient (Wildman–Crippen LogP) is 2.14. The van der Waals surface area contributed by atoms with Crippen LogP contribution in [0.25, 0.3) is 0 Å². The zero-order valence-corrected chi connectivity index (χ0v) is 14.7. The molecule has 144 valence electrons. The Morgan fingerprint density at radius 2 is 1.89 bits per heavy atom. The van der Waals surface area contributed by atoms with E-state index in [0.29, 0.717) is 6.07 Å². The van der Waals surface area contributed by atoms with Crippen LogP contribution in [0.2, 0.25) is 0 Å².